The second-order valence-electron chi connectivity index (χ2n) is 8.28. The maximum Gasteiger partial charge on any atom is 0.243 e. The smallest absolute Gasteiger partial charge is 0.243 e. The molecule has 1 aliphatic heterocycles. The zero-order valence-electron chi connectivity index (χ0n) is 19.7. The van der Waals surface area contributed by atoms with E-state index in [-0.39, 0.29) is 16.7 Å². The summed E-state index contributed by atoms with van der Waals surface area (Å²) in [5.74, 6) is 0.652. The van der Waals surface area contributed by atoms with Gasteiger partial charge in [0.25, 0.3) is 0 Å². The molecule has 0 N–H and O–H groups in total. The van der Waals surface area contributed by atoms with Gasteiger partial charge in [0.05, 0.1) is 24.8 Å². The number of nitrogens with zero attached hydrogens (tertiary/aromatic N) is 2. The number of hydrogen-bond acceptors (Lipinski definition) is 5. The van der Waals surface area contributed by atoms with Crippen LogP contribution in [0.25, 0.3) is 10.8 Å². The van der Waals surface area contributed by atoms with E-state index >= 15 is 0 Å². The number of ether oxygens (including phenoxy) is 2. The first-order chi connectivity index (χ1) is 16.4. The van der Waals surface area contributed by atoms with Crippen LogP contribution in [0, 0.1) is 5.92 Å². The molecule has 1 fully saturated rings. The molecule has 1 heterocycles. The summed E-state index contributed by atoms with van der Waals surface area (Å²) in [5.41, 5.74) is 0.894. The molecule has 0 bridgehead atoms. The number of benzene rings is 3. The topological polar surface area (TPSA) is 76.2 Å². The van der Waals surface area contributed by atoms with Crippen molar-refractivity contribution in [3.8, 4) is 11.5 Å². The molecule has 4 rings (SSSR count). The van der Waals surface area contributed by atoms with E-state index in [2.05, 4.69) is 0 Å². The molecule has 0 atom stereocenters. The minimum absolute atomic E-state index is 0.0435. The van der Waals surface area contributed by atoms with Crippen LogP contribution in [0.4, 0.5) is 5.69 Å². The van der Waals surface area contributed by atoms with E-state index < -0.39 is 10.0 Å². The van der Waals surface area contributed by atoms with Crippen molar-refractivity contribution in [2.24, 2.45) is 5.92 Å². The number of carbonyl (C=O) groups excluding carboxylic acids is 1. The molecule has 1 saturated heterocycles. The van der Waals surface area contributed by atoms with Gasteiger partial charge < -0.3 is 14.4 Å². The van der Waals surface area contributed by atoms with E-state index in [9.17, 15) is 13.2 Å². The first-order valence-corrected chi connectivity index (χ1v) is 12.9. The Morgan fingerprint density at radius 1 is 0.971 bits per heavy atom. The van der Waals surface area contributed by atoms with E-state index in [0.29, 0.717) is 44.0 Å². The molecule has 0 aromatic heterocycles. The standard InChI is InChI=1S/C26H30N2O5S/c1-4-28(23-11-7-9-19-8-5-6-10-22(19)23)26(29)20-14-16-27(17-15-20)34(30,31)21-12-13-24(32-2)25(18-21)33-3/h5-13,18,20H,4,14-17H2,1-3H3. The molecule has 1 amide bonds. The van der Waals surface area contributed by atoms with Crippen molar-refractivity contribution in [3.63, 3.8) is 0 Å². The van der Waals surface area contributed by atoms with Crippen molar-refractivity contribution >= 4 is 32.4 Å². The number of rotatable bonds is 7. The summed E-state index contributed by atoms with van der Waals surface area (Å²) in [5, 5.41) is 2.12. The number of fused-ring (bicyclic) bond motifs is 1. The number of methoxy groups -OCH3 is 2. The van der Waals surface area contributed by atoms with Crippen LogP contribution < -0.4 is 14.4 Å². The highest BCUT2D eigenvalue weighted by Gasteiger charge is 2.34. The average Bonchev–Trinajstić information content (AvgIpc) is 2.88. The number of piperidine rings is 1. The van der Waals surface area contributed by atoms with Crippen molar-refractivity contribution < 1.29 is 22.7 Å². The minimum atomic E-state index is -3.70. The first kappa shape index (κ1) is 24.0. The summed E-state index contributed by atoms with van der Waals surface area (Å²) < 4.78 is 38.4. The Labute approximate surface area is 200 Å². The molecular formula is C26H30N2O5S. The van der Waals surface area contributed by atoms with Crippen LogP contribution >= 0.6 is 0 Å². The summed E-state index contributed by atoms with van der Waals surface area (Å²) in [6.45, 7) is 3.10. The molecule has 3 aromatic rings. The number of hydrogen-bond donors (Lipinski definition) is 0. The summed E-state index contributed by atoms with van der Waals surface area (Å²) in [6, 6.07) is 18.6. The Hall–Kier alpha value is -3.10. The lowest BCUT2D eigenvalue weighted by Gasteiger charge is -2.33. The number of anilines is 1. The third kappa shape index (κ3) is 4.48. The SMILES string of the molecule is CCN(C(=O)C1CCN(S(=O)(=O)c2ccc(OC)c(OC)c2)CC1)c1cccc2ccccc12. The third-order valence-corrected chi connectivity index (χ3v) is 8.33. The number of carbonyl (C=O) groups is 1. The van der Waals surface area contributed by atoms with E-state index in [1.54, 1.807) is 6.07 Å². The minimum Gasteiger partial charge on any atom is -0.493 e. The van der Waals surface area contributed by atoms with Crippen LogP contribution in [0.3, 0.4) is 0 Å². The van der Waals surface area contributed by atoms with Gasteiger partial charge in [-0.25, -0.2) is 8.42 Å². The van der Waals surface area contributed by atoms with Gasteiger partial charge in [-0.2, -0.15) is 4.31 Å². The zero-order valence-corrected chi connectivity index (χ0v) is 20.5. The van der Waals surface area contributed by atoms with Crippen LogP contribution in [-0.2, 0) is 14.8 Å². The van der Waals surface area contributed by atoms with Crippen LogP contribution in [0.1, 0.15) is 19.8 Å². The van der Waals surface area contributed by atoms with Gasteiger partial charge in [-0.05, 0) is 43.4 Å². The maximum atomic E-state index is 13.5. The first-order valence-electron chi connectivity index (χ1n) is 11.4. The van der Waals surface area contributed by atoms with Gasteiger partial charge >= 0.3 is 0 Å². The molecule has 7 nitrogen and oxygen atoms in total. The highest BCUT2D eigenvalue weighted by atomic mass is 32.2. The Kier molecular flexibility index (Phi) is 7.09. The highest BCUT2D eigenvalue weighted by Crippen LogP contribution is 2.33. The van der Waals surface area contributed by atoms with E-state index in [0.717, 1.165) is 16.5 Å². The fraction of sp³-hybridized carbons (Fsp3) is 0.346. The van der Waals surface area contributed by atoms with Crippen molar-refractivity contribution in [2.45, 2.75) is 24.7 Å². The fourth-order valence-corrected chi connectivity index (χ4v) is 6.06. The second-order valence-corrected chi connectivity index (χ2v) is 10.2. The van der Waals surface area contributed by atoms with Crippen molar-refractivity contribution in [2.75, 3.05) is 38.8 Å². The lowest BCUT2D eigenvalue weighted by atomic mass is 9.95. The quantitative estimate of drug-likeness (QED) is 0.502. The largest absolute Gasteiger partial charge is 0.493 e. The maximum absolute atomic E-state index is 13.5. The third-order valence-electron chi connectivity index (χ3n) is 6.44. The number of amides is 1. The average molecular weight is 483 g/mol. The van der Waals surface area contributed by atoms with Gasteiger partial charge in [0.2, 0.25) is 15.9 Å². The van der Waals surface area contributed by atoms with Gasteiger partial charge in [-0.15, -0.1) is 0 Å². The van der Waals surface area contributed by atoms with Crippen molar-refractivity contribution in [3.05, 3.63) is 60.7 Å². The Morgan fingerprint density at radius 2 is 1.65 bits per heavy atom. The molecule has 0 radical (unpaired) electrons. The lowest BCUT2D eigenvalue weighted by Crippen LogP contribution is -2.44. The molecular weight excluding hydrogens is 452 g/mol. The highest BCUT2D eigenvalue weighted by molar-refractivity contribution is 7.89. The summed E-state index contributed by atoms with van der Waals surface area (Å²) in [4.78, 5) is 15.5. The number of sulfonamides is 1. The molecule has 3 aromatic carbocycles. The molecule has 0 spiro atoms. The van der Waals surface area contributed by atoms with Crippen molar-refractivity contribution in [1.82, 2.24) is 4.31 Å². The monoisotopic (exact) mass is 482 g/mol. The van der Waals surface area contributed by atoms with E-state index in [4.69, 9.17) is 9.47 Å². The normalized spacial score (nSPS) is 15.3. The predicted molar refractivity (Wildman–Crippen MR) is 133 cm³/mol. The summed E-state index contributed by atoms with van der Waals surface area (Å²) >= 11 is 0. The molecule has 1 aliphatic rings. The molecule has 8 heteroatoms. The van der Waals surface area contributed by atoms with Crippen LogP contribution in [-0.4, -0.2) is 52.5 Å². The van der Waals surface area contributed by atoms with Gasteiger partial charge in [-0.1, -0.05) is 36.4 Å². The van der Waals surface area contributed by atoms with Gasteiger partial charge in [-0.3, -0.25) is 4.79 Å². The van der Waals surface area contributed by atoms with Crippen LogP contribution in [0.5, 0.6) is 11.5 Å². The van der Waals surface area contributed by atoms with Crippen molar-refractivity contribution in [1.29, 1.82) is 0 Å². The molecule has 34 heavy (non-hydrogen) atoms. The van der Waals surface area contributed by atoms with Crippen LogP contribution in [0.2, 0.25) is 0 Å². The van der Waals surface area contributed by atoms with Gasteiger partial charge in [0.15, 0.2) is 11.5 Å². The molecule has 180 valence electrons. The fourth-order valence-electron chi connectivity index (χ4n) is 4.58. The van der Waals surface area contributed by atoms with Gasteiger partial charge in [0, 0.05) is 37.0 Å². The molecule has 0 unspecified atom stereocenters. The predicted octanol–water partition coefficient (Wildman–Crippen LogP) is 4.31. The van der Waals surface area contributed by atoms with Crippen LogP contribution in [0.15, 0.2) is 65.6 Å². The summed E-state index contributed by atoms with van der Waals surface area (Å²) in [7, 11) is -0.724. The Morgan fingerprint density at radius 3 is 2.32 bits per heavy atom. The van der Waals surface area contributed by atoms with E-state index in [1.807, 2.05) is 54.3 Å². The molecule has 0 aliphatic carbocycles. The lowest BCUT2D eigenvalue weighted by molar-refractivity contribution is -0.123. The Balaban J connectivity index is 1.50. The Bertz CT molecular complexity index is 1280. The summed E-state index contributed by atoms with van der Waals surface area (Å²) in [6.07, 6.45) is 0.958. The molecule has 0 saturated carbocycles. The van der Waals surface area contributed by atoms with E-state index in [1.165, 1.54) is 30.7 Å². The zero-order chi connectivity index (χ0) is 24.3. The van der Waals surface area contributed by atoms with Gasteiger partial charge in [0.1, 0.15) is 0 Å². The second kappa shape index (κ2) is 10.0.